The smallest absolute Gasteiger partial charge is 0.257 e. The molecule has 4 heterocycles. The van der Waals surface area contributed by atoms with Gasteiger partial charge in [0, 0.05) is 49.2 Å². The number of nitrogens with zero attached hydrogens (tertiary/aromatic N) is 4. The lowest BCUT2D eigenvalue weighted by Crippen LogP contribution is -2.28. The van der Waals surface area contributed by atoms with Crippen LogP contribution in [0.5, 0.6) is 0 Å². The fraction of sp³-hybridized carbons (Fsp3) is 0.0556. The number of aromatic amines is 1. The number of pyridine rings is 2. The second-order valence-electron chi connectivity index (χ2n) is 5.90. The van der Waals surface area contributed by atoms with Gasteiger partial charge in [-0.2, -0.15) is 10.2 Å². The van der Waals surface area contributed by atoms with Crippen molar-refractivity contribution in [2.45, 2.75) is 6.54 Å². The first-order valence-electron chi connectivity index (χ1n) is 8.41. The molecule has 10 heteroatoms. The molecule has 4 N–H and O–H groups in total. The minimum atomic E-state index is -0.463. The minimum absolute atomic E-state index is 0.0302. The highest BCUT2D eigenvalue weighted by Gasteiger charge is 2.12. The second-order valence-corrected chi connectivity index (χ2v) is 5.90. The molecule has 0 bridgehead atoms. The van der Waals surface area contributed by atoms with Crippen LogP contribution in [-0.2, 0) is 6.54 Å². The number of amides is 1. The Balaban J connectivity index is 1.41. The summed E-state index contributed by atoms with van der Waals surface area (Å²) in [4.78, 5) is 31.8. The average Bonchev–Trinajstić information content (AvgIpc) is 3.28. The van der Waals surface area contributed by atoms with Gasteiger partial charge in [-0.25, -0.2) is 10.2 Å². The van der Waals surface area contributed by atoms with E-state index in [1.807, 2.05) is 12.1 Å². The molecule has 0 aromatic carbocycles. The van der Waals surface area contributed by atoms with Gasteiger partial charge in [-0.15, -0.1) is 0 Å². The van der Waals surface area contributed by atoms with Crippen molar-refractivity contribution >= 4 is 17.7 Å². The zero-order valence-electron chi connectivity index (χ0n) is 14.6. The number of carbonyl (C=O) groups is 1. The van der Waals surface area contributed by atoms with Gasteiger partial charge in [-0.05, 0) is 17.7 Å². The molecule has 0 aliphatic carbocycles. The van der Waals surface area contributed by atoms with E-state index in [0.29, 0.717) is 5.82 Å². The highest BCUT2D eigenvalue weighted by Crippen LogP contribution is 2.10. The predicted octanol–water partition coefficient (Wildman–Crippen LogP) is 0.320. The Morgan fingerprint density at radius 1 is 1.29 bits per heavy atom. The molecule has 3 aromatic rings. The number of hydrazone groups is 1. The lowest BCUT2D eigenvalue weighted by Gasteiger charge is -2.09. The quantitative estimate of drug-likeness (QED) is 0.508. The third-order valence-corrected chi connectivity index (χ3v) is 4.03. The SMILES string of the molecule is O=C(NCc1ccc(C2=CNNN=C2)nc1)c1c[nH]c(-n2cccn2)cc1=O. The maximum absolute atomic E-state index is 12.3. The van der Waals surface area contributed by atoms with Crippen LogP contribution >= 0.6 is 0 Å². The van der Waals surface area contributed by atoms with Crippen molar-refractivity contribution in [1.29, 1.82) is 0 Å². The molecule has 0 radical (unpaired) electrons. The number of nitrogens with one attached hydrogen (secondary N) is 4. The first-order valence-corrected chi connectivity index (χ1v) is 8.41. The number of rotatable bonds is 5. The fourth-order valence-corrected chi connectivity index (χ4v) is 2.59. The predicted molar refractivity (Wildman–Crippen MR) is 102 cm³/mol. The van der Waals surface area contributed by atoms with Crippen molar-refractivity contribution in [1.82, 2.24) is 36.0 Å². The van der Waals surface area contributed by atoms with E-state index in [0.717, 1.165) is 16.8 Å². The van der Waals surface area contributed by atoms with Crippen molar-refractivity contribution in [2.24, 2.45) is 5.10 Å². The number of carbonyl (C=O) groups excluding carboxylic acids is 1. The molecule has 1 aliphatic rings. The topological polar surface area (TPSA) is 129 Å². The van der Waals surface area contributed by atoms with E-state index in [1.165, 1.54) is 16.9 Å². The summed E-state index contributed by atoms with van der Waals surface area (Å²) in [5.41, 5.74) is 7.40. The first kappa shape index (κ1) is 17.2. The van der Waals surface area contributed by atoms with Crippen molar-refractivity contribution < 1.29 is 4.79 Å². The Labute approximate surface area is 159 Å². The third-order valence-electron chi connectivity index (χ3n) is 4.03. The molecule has 1 aliphatic heterocycles. The van der Waals surface area contributed by atoms with Crippen LogP contribution in [0.3, 0.4) is 0 Å². The van der Waals surface area contributed by atoms with Crippen molar-refractivity contribution in [2.75, 3.05) is 0 Å². The van der Waals surface area contributed by atoms with Crippen LogP contribution in [0.15, 0.2) is 65.1 Å². The summed E-state index contributed by atoms with van der Waals surface area (Å²) in [6.45, 7) is 0.249. The largest absolute Gasteiger partial charge is 0.348 e. The molecule has 28 heavy (non-hydrogen) atoms. The number of H-pyrrole nitrogens is 1. The molecule has 4 rings (SSSR count). The molecule has 0 spiro atoms. The normalized spacial score (nSPS) is 12.6. The highest BCUT2D eigenvalue weighted by molar-refractivity contribution is 6.09. The van der Waals surface area contributed by atoms with Crippen molar-refractivity contribution in [3.05, 3.63) is 82.3 Å². The Bertz CT molecular complexity index is 1100. The van der Waals surface area contributed by atoms with E-state index < -0.39 is 5.91 Å². The maximum Gasteiger partial charge on any atom is 0.257 e. The zero-order chi connectivity index (χ0) is 19.3. The average molecular weight is 376 g/mol. The van der Waals surface area contributed by atoms with E-state index in [1.54, 1.807) is 37.1 Å². The van der Waals surface area contributed by atoms with Gasteiger partial charge in [0.25, 0.3) is 5.91 Å². The van der Waals surface area contributed by atoms with E-state index in [-0.39, 0.29) is 17.5 Å². The molecular formula is C18H16N8O2. The van der Waals surface area contributed by atoms with Gasteiger partial charge in [-0.3, -0.25) is 20.0 Å². The zero-order valence-corrected chi connectivity index (χ0v) is 14.6. The summed E-state index contributed by atoms with van der Waals surface area (Å²) in [6, 6.07) is 6.76. The van der Waals surface area contributed by atoms with Crippen LogP contribution in [0, 0.1) is 0 Å². The van der Waals surface area contributed by atoms with Gasteiger partial charge in [0.2, 0.25) is 0 Å². The van der Waals surface area contributed by atoms with Gasteiger partial charge in [0.15, 0.2) is 5.43 Å². The van der Waals surface area contributed by atoms with Crippen LogP contribution in [0.4, 0.5) is 0 Å². The molecule has 3 aromatic heterocycles. The Hall–Kier alpha value is -4.21. The van der Waals surface area contributed by atoms with E-state index in [4.69, 9.17) is 0 Å². The molecule has 10 nitrogen and oxygen atoms in total. The molecule has 0 unspecified atom stereocenters. The van der Waals surface area contributed by atoms with Crippen molar-refractivity contribution in [3.63, 3.8) is 0 Å². The number of allylic oxidation sites excluding steroid dienone is 1. The van der Waals surface area contributed by atoms with Crippen LogP contribution in [0.2, 0.25) is 0 Å². The number of aromatic nitrogens is 4. The number of hydrogen-bond donors (Lipinski definition) is 4. The maximum atomic E-state index is 12.3. The molecule has 1 amide bonds. The Kier molecular flexibility index (Phi) is 4.66. The lowest BCUT2D eigenvalue weighted by atomic mass is 10.1. The summed E-state index contributed by atoms with van der Waals surface area (Å²) in [5.74, 6) is 0.0197. The van der Waals surface area contributed by atoms with Crippen LogP contribution in [0.25, 0.3) is 11.4 Å². The Morgan fingerprint density at radius 2 is 2.21 bits per heavy atom. The van der Waals surface area contributed by atoms with E-state index in [9.17, 15) is 9.59 Å². The second kappa shape index (κ2) is 7.58. The Morgan fingerprint density at radius 3 is 2.89 bits per heavy atom. The lowest BCUT2D eigenvalue weighted by molar-refractivity contribution is 0.0949. The fourth-order valence-electron chi connectivity index (χ4n) is 2.59. The van der Waals surface area contributed by atoms with Crippen molar-refractivity contribution in [3.8, 4) is 5.82 Å². The van der Waals surface area contributed by atoms with Gasteiger partial charge >= 0.3 is 0 Å². The van der Waals surface area contributed by atoms with Gasteiger partial charge in [-0.1, -0.05) is 6.07 Å². The molecule has 0 atom stereocenters. The monoisotopic (exact) mass is 376 g/mol. The molecular weight excluding hydrogens is 360 g/mol. The number of hydrazine groups is 1. The highest BCUT2D eigenvalue weighted by atomic mass is 16.2. The summed E-state index contributed by atoms with van der Waals surface area (Å²) in [7, 11) is 0. The standard InChI is InChI=1S/C18H16N8O2/c27-16-6-17(26-5-1-4-24-26)20-11-14(16)18(28)21-8-12-2-3-15(19-7-12)13-9-22-25-23-10-13/h1-7,9-11,22,25H,8H2,(H,20,27)(H,21,28). The van der Waals surface area contributed by atoms with Gasteiger partial charge in [0.05, 0.1) is 11.9 Å². The summed E-state index contributed by atoms with van der Waals surface area (Å²) in [5, 5.41) is 10.7. The van der Waals surface area contributed by atoms with Crippen LogP contribution in [0.1, 0.15) is 21.6 Å². The molecule has 0 saturated heterocycles. The van der Waals surface area contributed by atoms with Gasteiger partial charge in [0.1, 0.15) is 11.4 Å². The van der Waals surface area contributed by atoms with Crippen LogP contribution < -0.4 is 21.7 Å². The third kappa shape index (κ3) is 3.65. The van der Waals surface area contributed by atoms with E-state index in [2.05, 4.69) is 36.4 Å². The van der Waals surface area contributed by atoms with E-state index >= 15 is 0 Å². The minimum Gasteiger partial charge on any atom is -0.348 e. The summed E-state index contributed by atoms with van der Waals surface area (Å²) < 4.78 is 1.51. The molecule has 0 saturated carbocycles. The van der Waals surface area contributed by atoms with Gasteiger partial charge < -0.3 is 10.3 Å². The first-order chi connectivity index (χ1) is 13.7. The molecule has 140 valence electrons. The van der Waals surface area contributed by atoms with Crippen LogP contribution in [-0.4, -0.2) is 31.9 Å². The summed E-state index contributed by atoms with van der Waals surface area (Å²) in [6.07, 6.45) is 9.74. The number of hydrogen-bond acceptors (Lipinski definition) is 7. The summed E-state index contributed by atoms with van der Waals surface area (Å²) >= 11 is 0. The molecule has 0 fully saturated rings.